The summed E-state index contributed by atoms with van der Waals surface area (Å²) in [5.74, 6) is -0.233. The van der Waals surface area contributed by atoms with Gasteiger partial charge in [0, 0.05) is 11.3 Å². The Morgan fingerprint density at radius 1 is 1.00 bits per heavy atom. The van der Waals surface area contributed by atoms with Gasteiger partial charge in [0.25, 0.3) is 0 Å². The number of hydrogen-bond acceptors (Lipinski definition) is 3. The summed E-state index contributed by atoms with van der Waals surface area (Å²) in [7, 11) is 1.36. The van der Waals surface area contributed by atoms with E-state index in [2.05, 4.69) is 4.98 Å². The smallest absolute Gasteiger partial charge is 0.355 e. The Hall–Kier alpha value is -3.01. The van der Waals surface area contributed by atoms with Crippen LogP contribution in [0.4, 0.5) is 0 Å². The second-order valence-corrected chi connectivity index (χ2v) is 5.28. The van der Waals surface area contributed by atoms with E-state index >= 15 is 0 Å². The number of esters is 1. The molecule has 116 valence electrons. The van der Waals surface area contributed by atoms with Crippen LogP contribution in [0.1, 0.15) is 16.1 Å². The molecule has 1 heterocycles. The molecule has 0 bridgehead atoms. The van der Waals surface area contributed by atoms with Crippen LogP contribution in [0.3, 0.4) is 0 Å². The van der Waals surface area contributed by atoms with Gasteiger partial charge in [-0.2, -0.15) is 0 Å². The van der Waals surface area contributed by atoms with Crippen LogP contribution in [-0.2, 0) is 4.74 Å². The number of phenols is 1. The number of carbonyl (C=O) groups excluding carboxylic acids is 1. The molecule has 0 amide bonds. The van der Waals surface area contributed by atoms with Gasteiger partial charge in [-0.3, -0.25) is 0 Å². The summed E-state index contributed by atoms with van der Waals surface area (Å²) >= 11 is 0. The first kappa shape index (κ1) is 14.9. The minimum Gasteiger partial charge on any atom is -0.508 e. The van der Waals surface area contributed by atoms with Crippen molar-refractivity contribution in [2.24, 2.45) is 0 Å². The van der Waals surface area contributed by atoms with Gasteiger partial charge in [-0.25, -0.2) is 4.79 Å². The first-order chi connectivity index (χ1) is 11.1. The highest BCUT2D eigenvalue weighted by molar-refractivity contribution is 5.99. The summed E-state index contributed by atoms with van der Waals surface area (Å²) in [6.45, 7) is 1.97. The van der Waals surface area contributed by atoms with E-state index in [4.69, 9.17) is 4.74 Å². The highest BCUT2D eigenvalue weighted by Gasteiger charge is 2.22. The molecule has 0 spiro atoms. The van der Waals surface area contributed by atoms with Gasteiger partial charge in [0.15, 0.2) is 0 Å². The lowest BCUT2D eigenvalue weighted by Crippen LogP contribution is -2.03. The number of carbonyl (C=O) groups is 1. The Morgan fingerprint density at radius 2 is 1.65 bits per heavy atom. The molecule has 1 aromatic heterocycles. The summed E-state index contributed by atoms with van der Waals surface area (Å²) in [5, 5.41) is 9.48. The van der Waals surface area contributed by atoms with Gasteiger partial charge in [-0.05, 0) is 35.7 Å². The lowest BCUT2D eigenvalue weighted by atomic mass is 9.99. The van der Waals surface area contributed by atoms with E-state index in [1.165, 1.54) is 7.11 Å². The van der Waals surface area contributed by atoms with Gasteiger partial charge in [-0.1, -0.05) is 42.5 Å². The van der Waals surface area contributed by atoms with Crippen LogP contribution >= 0.6 is 0 Å². The van der Waals surface area contributed by atoms with E-state index < -0.39 is 5.97 Å². The number of rotatable bonds is 3. The lowest BCUT2D eigenvalue weighted by Gasteiger charge is -2.05. The van der Waals surface area contributed by atoms with Gasteiger partial charge in [0.2, 0.25) is 0 Å². The maximum atomic E-state index is 12.2. The lowest BCUT2D eigenvalue weighted by molar-refractivity contribution is 0.0596. The largest absolute Gasteiger partial charge is 0.508 e. The first-order valence-corrected chi connectivity index (χ1v) is 7.27. The minimum absolute atomic E-state index is 0.185. The molecule has 3 rings (SSSR count). The molecule has 0 aliphatic heterocycles. The number of hydrogen-bond donors (Lipinski definition) is 2. The van der Waals surface area contributed by atoms with Crippen LogP contribution in [-0.4, -0.2) is 23.2 Å². The topological polar surface area (TPSA) is 62.3 Å². The van der Waals surface area contributed by atoms with Gasteiger partial charge in [0.05, 0.1) is 7.11 Å². The molecule has 0 fully saturated rings. The molecule has 2 aromatic carbocycles. The predicted molar refractivity (Wildman–Crippen MR) is 89.4 cm³/mol. The number of phenolic OH excluding ortho intramolecular Hbond substituents is 1. The molecular weight excluding hydrogens is 290 g/mol. The third-order valence-electron chi connectivity index (χ3n) is 3.86. The maximum Gasteiger partial charge on any atom is 0.355 e. The van der Waals surface area contributed by atoms with E-state index in [1.54, 1.807) is 24.3 Å². The Bertz CT molecular complexity index is 833. The zero-order chi connectivity index (χ0) is 16.4. The summed E-state index contributed by atoms with van der Waals surface area (Å²) in [6, 6.07) is 16.6. The number of benzene rings is 2. The fourth-order valence-corrected chi connectivity index (χ4v) is 2.73. The van der Waals surface area contributed by atoms with Gasteiger partial charge >= 0.3 is 5.97 Å². The number of ether oxygens (including phenoxy) is 1. The van der Waals surface area contributed by atoms with E-state index in [0.29, 0.717) is 5.69 Å². The second-order valence-electron chi connectivity index (χ2n) is 5.28. The number of aromatic hydroxyl groups is 1. The zero-order valence-corrected chi connectivity index (χ0v) is 13.0. The molecule has 0 saturated carbocycles. The van der Waals surface area contributed by atoms with Crippen LogP contribution in [0.15, 0.2) is 54.6 Å². The monoisotopic (exact) mass is 307 g/mol. The average molecular weight is 307 g/mol. The van der Waals surface area contributed by atoms with E-state index in [-0.39, 0.29) is 5.75 Å². The first-order valence-electron chi connectivity index (χ1n) is 7.27. The highest BCUT2D eigenvalue weighted by Crippen LogP contribution is 2.35. The Morgan fingerprint density at radius 3 is 2.26 bits per heavy atom. The molecule has 2 N–H and O–H groups in total. The van der Waals surface area contributed by atoms with E-state index in [1.807, 2.05) is 37.3 Å². The molecule has 0 saturated heterocycles. The third-order valence-corrected chi connectivity index (χ3v) is 3.86. The third kappa shape index (κ3) is 2.71. The fourth-order valence-electron chi connectivity index (χ4n) is 2.73. The molecule has 3 aromatic rings. The number of aromatic nitrogens is 1. The SMILES string of the molecule is COC(=O)c1[nH]c(-c2ccccc2)c(C)c1-c1ccc(O)cc1. The van der Waals surface area contributed by atoms with Crippen molar-refractivity contribution in [1.29, 1.82) is 0 Å². The van der Waals surface area contributed by atoms with E-state index in [0.717, 1.165) is 27.9 Å². The van der Waals surface area contributed by atoms with E-state index in [9.17, 15) is 9.90 Å². The summed E-state index contributed by atoms with van der Waals surface area (Å²) < 4.78 is 4.91. The highest BCUT2D eigenvalue weighted by atomic mass is 16.5. The van der Waals surface area contributed by atoms with Crippen LogP contribution in [0.2, 0.25) is 0 Å². The summed E-state index contributed by atoms with van der Waals surface area (Å²) in [6.07, 6.45) is 0. The van der Waals surface area contributed by atoms with Crippen molar-refractivity contribution in [2.75, 3.05) is 7.11 Å². The Labute approximate surface area is 134 Å². The number of nitrogens with one attached hydrogen (secondary N) is 1. The van der Waals surface area contributed by atoms with Crippen molar-refractivity contribution >= 4 is 5.97 Å². The van der Waals surface area contributed by atoms with Crippen molar-refractivity contribution in [3.8, 4) is 28.1 Å². The van der Waals surface area contributed by atoms with Crippen molar-refractivity contribution in [2.45, 2.75) is 6.92 Å². The standard InChI is InChI=1S/C19H17NO3/c1-12-16(13-8-10-15(21)11-9-13)18(19(22)23-2)20-17(12)14-6-4-3-5-7-14/h3-11,20-21H,1-2H3. The van der Waals surface area contributed by atoms with Crippen molar-refractivity contribution in [1.82, 2.24) is 4.98 Å². The molecular formula is C19H17NO3. The fraction of sp³-hybridized carbons (Fsp3) is 0.105. The van der Waals surface area contributed by atoms with Crippen LogP contribution in [0, 0.1) is 6.92 Å². The molecule has 0 unspecified atom stereocenters. The van der Waals surface area contributed by atoms with Gasteiger partial charge < -0.3 is 14.8 Å². The van der Waals surface area contributed by atoms with Crippen molar-refractivity contribution in [3.05, 3.63) is 65.9 Å². The van der Waals surface area contributed by atoms with Crippen molar-refractivity contribution in [3.63, 3.8) is 0 Å². The van der Waals surface area contributed by atoms with Crippen LogP contribution < -0.4 is 0 Å². The molecule has 0 aliphatic carbocycles. The number of aromatic amines is 1. The molecule has 0 atom stereocenters. The second kappa shape index (κ2) is 6.01. The number of H-pyrrole nitrogens is 1. The zero-order valence-electron chi connectivity index (χ0n) is 13.0. The Kier molecular flexibility index (Phi) is 3.89. The number of methoxy groups -OCH3 is 1. The van der Waals surface area contributed by atoms with Crippen molar-refractivity contribution < 1.29 is 14.6 Å². The molecule has 0 aliphatic rings. The van der Waals surface area contributed by atoms with Gasteiger partial charge in [0.1, 0.15) is 11.4 Å². The summed E-state index contributed by atoms with van der Waals surface area (Å²) in [5.41, 5.74) is 4.89. The average Bonchev–Trinajstić information content (AvgIpc) is 2.93. The Balaban J connectivity index is 2.23. The summed E-state index contributed by atoms with van der Waals surface area (Å²) in [4.78, 5) is 15.4. The van der Waals surface area contributed by atoms with Crippen LogP contribution in [0.5, 0.6) is 5.75 Å². The predicted octanol–water partition coefficient (Wildman–Crippen LogP) is 4.15. The molecule has 4 heteroatoms. The normalized spacial score (nSPS) is 10.5. The minimum atomic E-state index is -0.418. The molecule has 23 heavy (non-hydrogen) atoms. The van der Waals surface area contributed by atoms with Gasteiger partial charge in [-0.15, -0.1) is 0 Å². The maximum absolute atomic E-state index is 12.2. The quantitative estimate of drug-likeness (QED) is 0.715. The van der Waals surface area contributed by atoms with Crippen LogP contribution in [0.25, 0.3) is 22.4 Å². The molecule has 0 radical (unpaired) electrons. The molecule has 4 nitrogen and oxygen atoms in total.